The first-order chi connectivity index (χ1) is 14.9. The lowest BCUT2D eigenvalue weighted by atomic mass is 9.73. The van der Waals surface area contributed by atoms with Crippen LogP contribution >= 0.6 is 0 Å². The summed E-state index contributed by atoms with van der Waals surface area (Å²) >= 11 is 0. The van der Waals surface area contributed by atoms with Crippen LogP contribution in [0.25, 0.3) is 22.7 Å². The number of aromatic nitrogens is 5. The molecule has 2 N–H and O–H groups in total. The van der Waals surface area contributed by atoms with Gasteiger partial charge in [-0.3, -0.25) is 4.98 Å². The third kappa shape index (κ3) is 3.91. The van der Waals surface area contributed by atoms with Gasteiger partial charge in [0.25, 0.3) is 5.89 Å². The van der Waals surface area contributed by atoms with Crippen LogP contribution in [0.4, 0.5) is 5.95 Å². The van der Waals surface area contributed by atoms with Crippen LogP contribution in [0, 0.1) is 5.92 Å². The van der Waals surface area contributed by atoms with Gasteiger partial charge in [0.05, 0.1) is 11.1 Å². The van der Waals surface area contributed by atoms with Crippen molar-refractivity contribution in [2.75, 3.05) is 5.73 Å². The van der Waals surface area contributed by atoms with E-state index in [1.54, 1.807) is 12.4 Å². The van der Waals surface area contributed by atoms with E-state index in [9.17, 15) is 0 Å². The van der Waals surface area contributed by atoms with Crippen LogP contribution in [0.3, 0.4) is 0 Å². The molecule has 4 aromatic rings. The molecule has 4 rings (SSSR count). The lowest BCUT2D eigenvalue weighted by molar-refractivity contribution is 0.350. The monoisotopic (exact) mass is 414 g/mol. The maximum atomic E-state index is 5.64. The Hall–Kier alpha value is -3.61. The third-order valence-electron chi connectivity index (χ3n) is 5.99. The first kappa shape index (κ1) is 20.7. The summed E-state index contributed by atoms with van der Waals surface area (Å²) < 4.78 is 5.64. The van der Waals surface area contributed by atoms with Crippen LogP contribution in [-0.4, -0.2) is 25.1 Å². The summed E-state index contributed by atoms with van der Waals surface area (Å²) in [5, 5.41) is 4.35. The molecule has 0 radical (unpaired) electrons. The number of nitrogen functional groups attached to an aromatic ring is 1. The summed E-state index contributed by atoms with van der Waals surface area (Å²) in [6.07, 6.45) is 6.19. The summed E-state index contributed by atoms with van der Waals surface area (Å²) in [5.74, 6) is 1.62. The maximum absolute atomic E-state index is 5.64. The number of rotatable bonds is 6. The molecule has 3 aromatic heterocycles. The van der Waals surface area contributed by atoms with Crippen LogP contribution in [0.2, 0.25) is 0 Å². The Kier molecular flexibility index (Phi) is 5.50. The van der Waals surface area contributed by atoms with E-state index in [0.29, 0.717) is 11.7 Å². The standard InChI is InChI=1S/C24H26N6O/c1-5-16-6-8-17(9-7-16)21-29-22(30-31-21)24(4,15(2)3)19-10-11-20(26-14-19)18-12-27-23(25)28-13-18/h6-15H,5H2,1-4H3,(H2,25,27,28). The van der Waals surface area contributed by atoms with Crippen molar-refractivity contribution in [2.45, 2.75) is 39.5 Å². The quantitative estimate of drug-likeness (QED) is 0.488. The topological polar surface area (TPSA) is 104 Å². The second-order valence-corrected chi connectivity index (χ2v) is 8.09. The molecule has 0 aliphatic carbocycles. The second kappa shape index (κ2) is 8.26. The van der Waals surface area contributed by atoms with Crippen molar-refractivity contribution < 1.29 is 4.52 Å². The zero-order valence-electron chi connectivity index (χ0n) is 18.2. The van der Waals surface area contributed by atoms with Crippen molar-refractivity contribution >= 4 is 5.95 Å². The normalized spacial score (nSPS) is 13.3. The Labute approximate surface area is 181 Å². The average molecular weight is 415 g/mol. The summed E-state index contributed by atoms with van der Waals surface area (Å²) in [6, 6.07) is 12.2. The molecule has 158 valence electrons. The molecule has 0 aliphatic rings. The van der Waals surface area contributed by atoms with Crippen LogP contribution < -0.4 is 5.73 Å². The van der Waals surface area contributed by atoms with E-state index in [1.807, 2.05) is 30.5 Å². The zero-order valence-corrected chi connectivity index (χ0v) is 18.2. The van der Waals surface area contributed by atoms with Gasteiger partial charge < -0.3 is 10.3 Å². The summed E-state index contributed by atoms with van der Waals surface area (Å²) in [6.45, 7) is 8.55. The minimum Gasteiger partial charge on any atom is -0.368 e. The molecule has 1 atom stereocenters. The fraction of sp³-hybridized carbons (Fsp3) is 0.292. The number of pyridine rings is 1. The first-order valence-electron chi connectivity index (χ1n) is 10.4. The molecule has 1 unspecified atom stereocenters. The van der Waals surface area contributed by atoms with Crippen LogP contribution in [0.5, 0.6) is 0 Å². The lowest BCUT2D eigenvalue weighted by Crippen LogP contribution is -2.31. The van der Waals surface area contributed by atoms with Crippen LogP contribution in [-0.2, 0) is 11.8 Å². The average Bonchev–Trinajstić information content (AvgIpc) is 3.30. The van der Waals surface area contributed by atoms with Crippen molar-refractivity contribution in [3.63, 3.8) is 0 Å². The van der Waals surface area contributed by atoms with Crippen molar-refractivity contribution in [1.29, 1.82) is 0 Å². The van der Waals surface area contributed by atoms with Gasteiger partial charge >= 0.3 is 0 Å². The number of nitrogens with zero attached hydrogens (tertiary/aromatic N) is 5. The molecule has 0 spiro atoms. The Morgan fingerprint density at radius 2 is 1.65 bits per heavy atom. The molecule has 0 bridgehead atoms. The van der Waals surface area contributed by atoms with Gasteiger partial charge in [-0.25, -0.2) is 9.97 Å². The summed E-state index contributed by atoms with van der Waals surface area (Å²) in [5.41, 5.74) is 9.90. The van der Waals surface area contributed by atoms with Gasteiger partial charge in [-0.2, -0.15) is 4.98 Å². The van der Waals surface area contributed by atoms with Gasteiger partial charge in [-0.05, 0) is 48.6 Å². The number of anilines is 1. The second-order valence-electron chi connectivity index (χ2n) is 8.09. The van der Waals surface area contributed by atoms with E-state index >= 15 is 0 Å². The number of nitrogens with two attached hydrogens (primary N) is 1. The summed E-state index contributed by atoms with van der Waals surface area (Å²) in [4.78, 5) is 17.5. The van der Waals surface area contributed by atoms with Crippen LogP contribution in [0.15, 0.2) is 59.5 Å². The highest BCUT2D eigenvalue weighted by atomic mass is 16.5. The minimum atomic E-state index is -0.464. The van der Waals surface area contributed by atoms with E-state index in [0.717, 1.165) is 28.8 Å². The molecule has 7 heteroatoms. The molecular formula is C24H26N6O. The van der Waals surface area contributed by atoms with Crippen LogP contribution in [0.1, 0.15) is 44.6 Å². The Balaban J connectivity index is 1.67. The predicted octanol–water partition coefficient (Wildman–Crippen LogP) is 4.70. The number of benzene rings is 1. The van der Waals surface area contributed by atoms with E-state index in [-0.39, 0.29) is 11.9 Å². The molecule has 1 aromatic carbocycles. The lowest BCUT2D eigenvalue weighted by Gasteiger charge is -2.30. The SMILES string of the molecule is CCc1ccc(-c2nc(C(C)(c3ccc(-c4cnc(N)nc4)nc3)C(C)C)no2)cc1. The zero-order chi connectivity index (χ0) is 22.0. The van der Waals surface area contributed by atoms with Crippen molar-refractivity contribution in [3.05, 3.63) is 71.9 Å². The van der Waals surface area contributed by atoms with Gasteiger partial charge in [-0.15, -0.1) is 0 Å². The molecule has 0 fully saturated rings. The molecule has 0 saturated carbocycles. The molecule has 0 saturated heterocycles. The van der Waals surface area contributed by atoms with E-state index < -0.39 is 5.41 Å². The van der Waals surface area contributed by atoms with Gasteiger partial charge in [0, 0.05) is 29.7 Å². The molecule has 7 nitrogen and oxygen atoms in total. The molecule has 3 heterocycles. The third-order valence-corrected chi connectivity index (χ3v) is 5.99. The number of hydrogen-bond donors (Lipinski definition) is 1. The van der Waals surface area contributed by atoms with Gasteiger partial charge in [0.15, 0.2) is 5.82 Å². The Bertz CT molecular complexity index is 1150. The fourth-order valence-electron chi connectivity index (χ4n) is 3.50. The maximum Gasteiger partial charge on any atom is 0.257 e. The first-order valence-corrected chi connectivity index (χ1v) is 10.4. The van der Waals surface area contributed by atoms with Crippen molar-refractivity contribution in [3.8, 4) is 22.7 Å². The number of aryl methyl sites for hydroxylation is 1. The van der Waals surface area contributed by atoms with Crippen molar-refractivity contribution in [1.82, 2.24) is 25.1 Å². The predicted molar refractivity (Wildman–Crippen MR) is 120 cm³/mol. The van der Waals surface area contributed by atoms with E-state index in [1.165, 1.54) is 5.56 Å². The molecular weight excluding hydrogens is 388 g/mol. The van der Waals surface area contributed by atoms with E-state index in [2.05, 4.69) is 59.9 Å². The Morgan fingerprint density at radius 3 is 2.23 bits per heavy atom. The van der Waals surface area contributed by atoms with E-state index in [4.69, 9.17) is 15.2 Å². The molecule has 0 aliphatic heterocycles. The Morgan fingerprint density at radius 1 is 0.935 bits per heavy atom. The van der Waals surface area contributed by atoms with Gasteiger partial charge in [0.1, 0.15) is 0 Å². The van der Waals surface area contributed by atoms with Gasteiger partial charge in [-0.1, -0.05) is 44.1 Å². The van der Waals surface area contributed by atoms with Crippen molar-refractivity contribution in [2.24, 2.45) is 5.92 Å². The summed E-state index contributed by atoms with van der Waals surface area (Å²) in [7, 11) is 0. The molecule has 31 heavy (non-hydrogen) atoms. The fourth-order valence-corrected chi connectivity index (χ4v) is 3.50. The smallest absolute Gasteiger partial charge is 0.257 e. The number of hydrogen-bond acceptors (Lipinski definition) is 7. The minimum absolute atomic E-state index is 0.216. The highest BCUT2D eigenvalue weighted by Crippen LogP contribution is 2.38. The molecule has 0 amide bonds. The highest BCUT2D eigenvalue weighted by Gasteiger charge is 2.38. The van der Waals surface area contributed by atoms with Gasteiger partial charge in [0.2, 0.25) is 5.95 Å². The highest BCUT2D eigenvalue weighted by molar-refractivity contribution is 5.58. The largest absolute Gasteiger partial charge is 0.368 e.